The fourth-order valence-corrected chi connectivity index (χ4v) is 3.75. The van der Waals surface area contributed by atoms with Gasteiger partial charge in [-0.3, -0.25) is 9.80 Å². The number of hydrazine groups is 1. The highest BCUT2D eigenvalue weighted by molar-refractivity contribution is 8.02. The van der Waals surface area contributed by atoms with Crippen LogP contribution in [0.4, 0.5) is 0 Å². The van der Waals surface area contributed by atoms with Gasteiger partial charge in [0.05, 0.1) is 0 Å². The Morgan fingerprint density at radius 3 is 3.00 bits per heavy atom. The maximum absolute atomic E-state index is 12.1. The summed E-state index contributed by atoms with van der Waals surface area (Å²) >= 11 is 1.45. The minimum atomic E-state index is 0.189. The third-order valence-electron chi connectivity index (χ3n) is 3.52. The molecule has 1 saturated carbocycles. The molecular formula is C10H13N3OS. The van der Waals surface area contributed by atoms with Crippen molar-refractivity contribution < 1.29 is 4.79 Å². The fourth-order valence-electron chi connectivity index (χ4n) is 2.73. The Morgan fingerprint density at radius 1 is 1.47 bits per heavy atom. The molecule has 2 unspecified atom stereocenters. The van der Waals surface area contributed by atoms with Crippen molar-refractivity contribution in [3.05, 3.63) is 10.6 Å². The summed E-state index contributed by atoms with van der Waals surface area (Å²) in [7, 11) is 0. The molecule has 5 heteroatoms. The first-order chi connectivity index (χ1) is 7.20. The molecule has 3 aliphatic rings. The summed E-state index contributed by atoms with van der Waals surface area (Å²) < 4.78 is 4.27. The summed E-state index contributed by atoms with van der Waals surface area (Å²) in [6.07, 6.45) is 3.29. The second-order valence-corrected chi connectivity index (χ2v) is 5.13. The van der Waals surface area contributed by atoms with Gasteiger partial charge in [-0.05, 0) is 19.8 Å². The fraction of sp³-hybridized carbons (Fsp3) is 0.600. The molecule has 0 aromatic rings. The number of carbonyl (C=O) groups is 1. The lowest BCUT2D eigenvalue weighted by Gasteiger charge is -2.23. The molecule has 2 atom stereocenters. The monoisotopic (exact) mass is 223 g/mol. The molecule has 0 radical (unpaired) electrons. The van der Waals surface area contributed by atoms with E-state index in [1.165, 1.54) is 17.0 Å². The van der Waals surface area contributed by atoms with Crippen LogP contribution >= 0.6 is 11.9 Å². The van der Waals surface area contributed by atoms with E-state index in [1.54, 1.807) is 0 Å². The molecule has 2 N–H and O–H groups in total. The maximum Gasteiger partial charge on any atom is 0.185 e. The van der Waals surface area contributed by atoms with Crippen LogP contribution in [0.15, 0.2) is 15.0 Å². The van der Waals surface area contributed by atoms with E-state index in [-0.39, 0.29) is 11.7 Å². The van der Waals surface area contributed by atoms with E-state index >= 15 is 0 Å². The number of rotatable bonds is 0. The lowest BCUT2D eigenvalue weighted by atomic mass is 9.99. The predicted octanol–water partition coefficient (Wildman–Crippen LogP) is 1.45. The van der Waals surface area contributed by atoms with Crippen molar-refractivity contribution in [1.29, 1.82) is 0 Å². The number of allylic oxidation sites excluding steroid dienone is 2. The maximum atomic E-state index is 12.1. The number of amidine groups is 1. The number of hydrogen-bond acceptors (Lipinski definition) is 5. The Balaban J connectivity index is 2.04. The molecule has 2 aliphatic carbocycles. The minimum absolute atomic E-state index is 0.189. The molecule has 0 bridgehead atoms. The van der Waals surface area contributed by atoms with Crippen LogP contribution < -0.4 is 5.84 Å². The summed E-state index contributed by atoms with van der Waals surface area (Å²) in [6, 6.07) is 0. The van der Waals surface area contributed by atoms with E-state index in [1.807, 2.05) is 6.92 Å². The molecular weight excluding hydrogens is 210 g/mol. The quantitative estimate of drug-likeness (QED) is 0.499. The van der Waals surface area contributed by atoms with E-state index in [4.69, 9.17) is 5.84 Å². The topological polar surface area (TPSA) is 58.7 Å². The van der Waals surface area contributed by atoms with Crippen LogP contribution in [-0.4, -0.2) is 16.6 Å². The zero-order chi connectivity index (χ0) is 10.6. The predicted molar refractivity (Wildman–Crippen MR) is 59.6 cm³/mol. The van der Waals surface area contributed by atoms with Crippen LogP contribution in [0.1, 0.15) is 26.2 Å². The number of hydrogen-bond donors (Lipinski definition) is 1. The van der Waals surface area contributed by atoms with Crippen LogP contribution in [0, 0.1) is 11.8 Å². The average molecular weight is 223 g/mol. The standard InChI is InChI=1S/C10H13N3OS/c1-5-12-15-10-7-4-2-3-6(7)9(14)8(10)13(5)11/h6-7H,2-4,11H2,1H3. The smallest absolute Gasteiger partial charge is 0.185 e. The average Bonchev–Trinajstić information content (AvgIpc) is 2.76. The van der Waals surface area contributed by atoms with Crippen molar-refractivity contribution in [2.75, 3.05) is 0 Å². The van der Waals surface area contributed by atoms with Gasteiger partial charge in [0.25, 0.3) is 0 Å². The van der Waals surface area contributed by atoms with Crippen LogP contribution in [0.3, 0.4) is 0 Å². The van der Waals surface area contributed by atoms with E-state index in [0.29, 0.717) is 17.5 Å². The summed E-state index contributed by atoms with van der Waals surface area (Å²) in [5.74, 6) is 7.41. The lowest BCUT2D eigenvalue weighted by Crippen LogP contribution is -2.39. The molecule has 80 valence electrons. The molecule has 0 saturated heterocycles. The van der Waals surface area contributed by atoms with Crippen molar-refractivity contribution in [2.45, 2.75) is 26.2 Å². The van der Waals surface area contributed by atoms with Gasteiger partial charge in [0.2, 0.25) is 0 Å². The van der Waals surface area contributed by atoms with Gasteiger partial charge in [0, 0.05) is 28.7 Å². The normalized spacial score (nSPS) is 34.4. The molecule has 1 heterocycles. The first kappa shape index (κ1) is 9.42. The number of nitrogens with two attached hydrogens (primary N) is 1. The first-order valence-corrected chi connectivity index (χ1v) is 6.02. The van der Waals surface area contributed by atoms with Gasteiger partial charge in [-0.1, -0.05) is 6.42 Å². The Hall–Kier alpha value is -0.810. The number of nitrogens with zero attached hydrogens (tertiary/aromatic N) is 2. The van der Waals surface area contributed by atoms with Gasteiger partial charge >= 0.3 is 0 Å². The molecule has 0 spiro atoms. The van der Waals surface area contributed by atoms with Crippen LogP contribution in [0.25, 0.3) is 0 Å². The molecule has 4 nitrogen and oxygen atoms in total. The zero-order valence-corrected chi connectivity index (χ0v) is 9.38. The van der Waals surface area contributed by atoms with E-state index in [0.717, 1.165) is 24.2 Å². The Labute approximate surface area is 92.7 Å². The third kappa shape index (κ3) is 1.13. The van der Waals surface area contributed by atoms with Gasteiger partial charge in [0.15, 0.2) is 5.78 Å². The van der Waals surface area contributed by atoms with Crippen molar-refractivity contribution >= 4 is 23.6 Å². The van der Waals surface area contributed by atoms with E-state index < -0.39 is 0 Å². The summed E-state index contributed by atoms with van der Waals surface area (Å²) in [5.41, 5.74) is 0.710. The van der Waals surface area contributed by atoms with Crippen molar-refractivity contribution in [3.8, 4) is 0 Å². The molecule has 0 aromatic carbocycles. The molecule has 1 aliphatic heterocycles. The van der Waals surface area contributed by atoms with E-state index in [9.17, 15) is 4.79 Å². The Kier molecular flexibility index (Phi) is 1.94. The summed E-state index contributed by atoms with van der Waals surface area (Å²) in [6.45, 7) is 1.83. The molecule has 0 amide bonds. The first-order valence-electron chi connectivity index (χ1n) is 5.25. The number of carbonyl (C=O) groups excluding carboxylic acids is 1. The lowest BCUT2D eigenvalue weighted by molar-refractivity contribution is -0.119. The number of ketones is 1. The van der Waals surface area contributed by atoms with Crippen LogP contribution in [-0.2, 0) is 4.79 Å². The molecule has 3 rings (SSSR count). The SMILES string of the molecule is CC1=NSC2=C(C(=O)C3CCCC23)N1N. The summed E-state index contributed by atoms with van der Waals surface area (Å²) in [4.78, 5) is 13.2. The second kappa shape index (κ2) is 3.09. The zero-order valence-electron chi connectivity index (χ0n) is 8.56. The molecule has 1 fully saturated rings. The largest absolute Gasteiger partial charge is 0.292 e. The number of Topliss-reactive ketones (excluding diaryl/α,β-unsaturated/α-hetero) is 1. The molecule has 15 heavy (non-hydrogen) atoms. The van der Waals surface area contributed by atoms with Gasteiger partial charge in [0.1, 0.15) is 11.5 Å². The Bertz CT molecular complexity index is 401. The van der Waals surface area contributed by atoms with Crippen LogP contribution in [0.2, 0.25) is 0 Å². The van der Waals surface area contributed by atoms with Crippen molar-refractivity contribution in [3.63, 3.8) is 0 Å². The van der Waals surface area contributed by atoms with Crippen molar-refractivity contribution in [1.82, 2.24) is 5.01 Å². The highest BCUT2D eigenvalue weighted by Gasteiger charge is 2.47. The Morgan fingerprint density at radius 2 is 2.20 bits per heavy atom. The van der Waals surface area contributed by atoms with Gasteiger partial charge in [-0.2, -0.15) is 4.40 Å². The van der Waals surface area contributed by atoms with Gasteiger partial charge < -0.3 is 0 Å². The van der Waals surface area contributed by atoms with E-state index in [2.05, 4.69) is 4.40 Å². The van der Waals surface area contributed by atoms with Gasteiger partial charge in [-0.25, -0.2) is 5.84 Å². The highest BCUT2D eigenvalue weighted by atomic mass is 32.2. The highest BCUT2D eigenvalue weighted by Crippen LogP contribution is 2.51. The van der Waals surface area contributed by atoms with Crippen LogP contribution in [0.5, 0.6) is 0 Å². The molecule has 0 aromatic heterocycles. The summed E-state index contributed by atoms with van der Waals surface area (Å²) in [5, 5.41) is 1.46. The minimum Gasteiger partial charge on any atom is -0.292 e. The van der Waals surface area contributed by atoms with Crippen molar-refractivity contribution in [2.24, 2.45) is 22.1 Å². The third-order valence-corrected chi connectivity index (χ3v) is 4.57. The number of fused-ring (bicyclic) bond motifs is 2. The second-order valence-electron chi connectivity index (χ2n) is 4.32. The van der Waals surface area contributed by atoms with Gasteiger partial charge in [-0.15, -0.1) is 0 Å².